The summed E-state index contributed by atoms with van der Waals surface area (Å²) < 4.78 is 0. The Labute approximate surface area is 122 Å². The van der Waals surface area contributed by atoms with Gasteiger partial charge in [-0.1, -0.05) is 41.4 Å². The van der Waals surface area contributed by atoms with Crippen molar-refractivity contribution in [3.05, 3.63) is 63.6 Å². The Kier molecular flexibility index (Phi) is 4.31. The van der Waals surface area contributed by atoms with E-state index in [0.29, 0.717) is 22.2 Å². The largest absolute Gasteiger partial charge is 0.369 e. The minimum Gasteiger partial charge on any atom is -0.369 e. The van der Waals surface area contributed by atoms with Crippen LogP contribution in [-0.2, 0) is 6.54 Å². The molecule has 0 aromatic heterocycles. The molecule has 0 fully saturated rings. The van der Waals surface area contributed by atoms with Crippen molar-refractivity contribution in [2.24, 2.45) is 0 Å². The van der Waals surface area contributed by atoms with Crippen molar-refractivity contribution < 1.29 is 0 Å². The van der Waals surface area contributed by atoms with Crippen molar-refractivity contribution in [2.45, 2.75) is 6.54 Å². The minimum atomic E-state index is 0.470. The monoisotopic (exact) mass is 290 g/mol. The summed E-state index contributed by atoms with van der Waals surface area (Å²) >= 11 is 12.0. The van der Waals surface area contributed by atoms with E-state index in [1.165, 1.54) is 0 Å². The predicted molar refractivity (Wildman–Crippen MR) is 79.7 cm³/mol. The molecule has 0 saturated heterocycles. The van der Waals surface area contributed by atoms with Crippen LogP contribution >= 0.6 is 23.2 Å². The number of halogens is 2. The van der Waals surface area contributed by atoms with Gasteiger partial charge in [0.05, 0.1) is 16.3 Å². The summed E-state index contributed by atoms with van der Waals surface area (Å²) in [4.78, 5) is 1.98. The second-order valence-corrected chi connectivity index (χ2v) is 5.08. The molecule has 19 heavy (non-hydrogen) atoms. The smallest absolute Gasteiger partial charge is 0.103 e. The second-order valence-electron chi connectivity index (χ2n) is 4.23. The van der Waals surface area contributed by atoms with Gasteiger partial charge in [0.15, 0.2) is 0 Å². The Hall–Kier alpha value is -1.69. The molecule has 0 spiro atoms. The summed E-state index contributed by atoms with van der Waals surface area (Å²) in [7, 11) is 1.92. The molecule has 0 N–H and O–H groups in total. The first-order valence-electron chi connectivity index (χ1n) is 5.76. The molecule has 0 radical (unpaired) electrons. The summed E-state index contributed by atoms with van der Waals surface area (Å²) in [5.41, 5.74) is 2.39. The number of nitriles is 1. The fourth-order valence-electron chi connectivity index (χ4n) is 1.94. The average Bonchev–Trinajstić information content (AvgIpc) is 2.38. The van der Waals surface area contributed by atoms with Crippen molar-refractivity contribution >= 4 is 28.9 Å². The summed E-state index contributed by atoms with van der Waals surface area (Å²) in [6.45, 7) is 0.662. The maximum absolute atomic E-state index is 9.18. The zero-order valence-electron chi connectivity index (χ0n) is 10.4. The van der Waals surface area contributed by atoms with Crippen molar-refractivity contribution in [1.29, 1.82) is 5.26 Å². The van der Waals surface area contributed by atoms with Gasteiger partial charge in [0, 0.05) is 18.6 Å². The van der Waals surface area contributed by atoms with Gasteiger partial charge in [-0.05, 0) is 29.8 Å². The molecule has 2 aromatic carbocycles. The van der Waals surface area contributed by atoms with E-state index in [1.807, 2.05) is 48.3 Å². The van der Waals surface area contributed by atoms with E-state index in [0.717, 1.165) is 11.3 Å². The predicted octanol–water partition coefficient (Wildman–Crippen LogP) is 4.50. The highest BCUT2D eigenvalue weighted by Crippen LogP contribution is 2.27. The topological polar surface area (TPSA) is 27.0 Å². The van der Waals surface area contributed by atoms with Crippen molar-refractivity contribution in [3.63, 3.8) is 0 Å². The molecular weight excluding hydrogens is 279 g/mol. The van der Waals surface area contributed by atoms with Crippen LogP contribution in [0.3, 0.4) is 0 Å². The van der Waals surface area contributed by atoms with E-state index < -0.39 is 0 Å². The van der Waals surface area contributed by atoms with Gasteiger partial charge in [-0.2, -0.15) is 5.26 Å². The fourth-order valence-corrected chi connectivity index (χ4v) is 2.36. The van der Waals surface area contributed by atoms with Gasteiger partial charge >= 0.3 is 0 Å². The first-order chi connectivity index (χ1) is 9.11. The first kappa shape index (κ1) is 13.7. The van der Waals surface area contributed by atoms with E-state index in [-0.39, 0.29) is 0 Å². The van der Waals surface area contributed by atoms with Crippen LogP contribution < -0.4 is 4.90 Å². The molecule has 2 rings (SSSR count). The highest BCUT2D eigenvalue weighted by Gasteiger charge is 2.10. The second kappa shape index (κ2) is 5.97. The third-order valence-corrected chi connectivity index (χ3v) is 3.37. The Morgan fingerprint density at radius 2 is 1.89 bits per heavy atom. The van der Waals surface area contributed by atoms with Crippen LogP contribution in [0, 0.1) is 11.3 Å². The average molecular weight is 291 g/mol. The standard InChI is InChI=1S/C15H12Cl2N2/c1-19(10-11-4-2-5-12(16)8-11)15-7-3-6-14(17)13(15)9-18/h2-8H,10H2,1H3. The SMILES string of the molecule is CN(Cc1cccc(Cl)c1)c1cccc(Cl)c1C#N. The van der Waals surface area contributed by atoms with E-state index in [9.17, 15) is 5.26 Å². The number of benzene rings is 2. The van der Waals surface area contributed by atoms with Crippen molar-refractivity contribution in [1.82, 2.24) is 0 Å². The molecule has 0 amide bonds. The van der Waals surface area contributed by atoms with Crippen molar-refractivity contribution in [2.75, 3.05) is 11.9 Å². The molecule has 0 saturated carbocycles. The summed E-state index contributed by atoms with van der Waals surface area (Å²) in [6, 6.07) is 15.2. The molecule has 0 aliphatic heterocycles. The lowest BCUT2D eigenvalue weighted by Crippen LogP contribution is -2.17. The van der Waals surface area contributed by atoms with Crippen LogP contribution in [0.15, 0.2) is 42.5 Å². The lowest BCUT2D eigenvalue weighted by atomic mass is 10.1. The van der Waals surface area contributed by atoms with Crippen LogP contribution in [0.4, 0.5) is 5.69 Å². The van der Waals surface area contributed by atoms with Gasteiger partial charge < -0.3 is 4.90 Å². The van der Waals surface area contributed by atoms with Gasteiger partial charge in [0.2, 0.25) is 0 Å². The first-order valence-corrected chi connectivity index (χ1v) is 6.51. The van der Waals surface area contributed by atoms with E-state index in [1.54, 1.807) is 6.07 Å². The Morgan fingerprint density at radius 3 is 2.58 bits per heavy atom. The zero-order chi connectivity index (χ0) is 13.8. The lowest BCUT2D eigenvalue weighted by Gasteiger charge is -2.21. The molecule has 4 heteroatoms. The number of nitrogens with zero attached hydrogens (tertiary/aromatic N) is 2. The molecule has 96 valence electrons. The molecule has 0 aliphatic carbocycles. The number of hydrogen-bond donors (Lipinski definition) is 0. The van der Waals surface area contributed by atoms with Gasteiger partial charge in [-0.15, -0.1) is 0 Å². The van der Waals surface area contributed by atoms with Gasteiger partial charge in [0.1, 0.15) is 6.07 Å². The van der Waals surface area contributed by atoms with E-state index >= 15 is 0 Å². The maximum Gasteiger partial charge on any atom is 0.103 e. The van der Waals surface area contributed by atoms with Crippen LogP contribution in [0.2, 0.25) is 10.0 Å². The zero-order valence-corrected chi connectivity index (χ0v) is 11.9. The Morgan fingerprint density at radius 1 is 1.16 bits per heavy atom. The molecular formula is C15H12Cl2N2. The molecule has 2 aromatic rings. The minimum absolute atomic E-state index is 0.470. The third-order valence-electron chi connectivity index (χ3n) is 2.82. The molecule has 2 nitrogen and oxygen atoms in total. The maximum atomic E-state index is 9.18. The van der Waals surface area contributed by atoms with Crippen LogP contribution in [0.1, 0.15) is 11.1 Å². The fraction of sp³-hybridized carbons (Fsp3) is 0.133. The Bertz CT molecular complexity index is 632. The van der Waals surface area contributed by atoms with Crippen molar-refractivity contribution in [3.8, 4) is 6.07 Å². The normalized spacial score (nSPS) is 10.0. The van der Waals surface area contributed by atoms with E-state index in [4.69, 9.17) is 23.2 Å². The molecule has 0 unspecified atom stereocenters. The molecule has 0 bridgehead atoms. The van der Waals surface area contributed by atoms with Gasteiger partial charge in [0.25, 0.3) is 0 Å². The molecule has 0 aliphatic rings. The highest BCUT2D eigenvalue weighted by atomic mass is 35.5. The summed E-state index contributed by atoms with van der Waals surface area (Å²) in [5, 5.41) is 10.4. The third kappa shape index (κ3) is 3.20. The van der Waals surface area contributed by atoms with Crippen LogP contribution in [-0.4, -0.2) is 7.05 Å². The molecule has 0 atom stereocenters. The van der Waals surface area contributed by atoms with Crippen LogP contribution in [0.25, 0.3) is 0 Å². The summed E-state index contributed by atoms with van der Waals surface area (Å²) in [5.74, 6) is 0. The van der Waals surface area contributed by atoms with Gasteiger partial charge in [-0.25, -0.2) is 0 Å². The number of anilines is 1. The highest BCUT2D eigenvalue weighted by molar-refractivity contribution is 6.32. The number of hydrogen-bond acceptors (Lipinski definition) is 2. The van der Waals surface area contributed by atoms with Crippen LogP contribution in [0.5, 0.6) is 0 Å². The van der Waals surface area contributed by atoms with Gasteiger partial charge in [-0.3, -0.25) is 0 Å². The number of rotatable bonds is 3. The molecule has 0 heterocycles. The Balaban J connectivity index is 2.28. The lowest BCUT2D eigenvalue weighted by molar-refractivity contribution is 0.921. The van der Waals surface area contributed by atoms with E-state index in [2.05, 4.69) is 6.07 Å². The quantitative estimate of drug-likeness (QED) is 0.832. The summed E-state index contributed by atoms with van der Waals surface area (Å²) in [6.07, 6.45) is 0.